The lowest BCUT2D eigenvalue weighted by Gasteiger charge is -2.21. The van der Waals surface area contributed by atoms with Crippen molar-refractivity contribution in [2.45, 2.75) is 12.3 Å². The Morgan fingerprint density at radius 1 is 0.800 bits per heavy atom. The average molecular weight is 336 g/mol. The summed E-state index contributed by atoms with van der Waals surface area (Å²) in [6, 6.07) is 19.4. The molecule has 0 amide bonds. The number of benzene rings is 3. The van der Waals surface area contributed by atoms with E-state index in [9.17, 15) is 15.3 Å². The lowest BCUT2D eigenvalue weighted by molar-refractivity contribution is 0.372. The molecule has 0 aliphatic carbocycles. The van der Waals surface area contributed by atoms with E-state index < -0.39 is 0 Å². The first kappa shape index (κ1) is 16.7. The normalized spacial score (nSPS) is 11.9. The molecule has 0 aliphatic rings. The Bertz CT molecular complexity index is 873. The maximum Gasteiger partial charge on any atom is 0.160 e. The fourth-order valence-electron chi connectivity index (χ4n) is 3.00. The van der Waals surface area contributed by atoms with Crippen LogP contribution in [0.5, 0.6) is 23.0 Å². The maximum atomic E-state index is 10.3. The minimum atomic E-state index is -0.205. The topological polar surface area (TPSA) is 69.9 Å². The molecule has 0 saturated carbocycles. The molecule has 3 aromatic carbocycles. The Hall–Kier alpha value is -3.14. The van der Waals surface area contributed by atoms with Crippen LogP contribution in [-0.2, 0) is 6.42 Å². The molecule has 3 rings (SSSR count). The van der Waals surface area contributed by atoms with E-state index in [0.717, 1.165) is 16.7 Å². The number of hydrogen-bond donors (Lipinski definition) is 3. The lowest BCUT2D eigenvalue weighted by Crippen LogP contribution is -2.06. The van der Waals surface area contributed by atoms with Gasteiger partial charge in [0.1, 0.15) is 11.5 Å². The molecule has 128 valence electrons. The molecule has 3 N–H and O–H groups in total. The van der Waals surface area contributed by atoms with Crippen LogP contribution in [0, 0.1) is 0 Å². The summed E-state index contributed by atoms with van der Waals surface area (Å²) in [5.74, 6) is 0.632. The standard InChI is InChI=1S/C21H20O4/c1-25-21-13-14(10-11-20(21)24)17(16-7-3-5-9-19(16)23)12-15-6-2-4-8-18(15)22/h2-11,13,17,22-24H,12H2,1H3. The number of phenols is 3. The summed E-state index contributed by atoms with van der Waals surface area (Å²) in [7, 11) is 1.50. The zero-order valence-corrected chi connectivity index (χ0v) is 13.9. The summed E-state index contributed by atoms with van der Waals surface area (Å²) in [6.07, 6.45) is 0.498. The van der Waals surface area contributed by atoms with E-state index in [-0.39, 0.29) is 23.2 Å². The molecule has 1 atom stereocenters. The number of methoxy groups -OCH3 is 1. The fourth-order valence-corrected chi connectivity index (χ4v) is 3.00. The summed E-state index contributed by atoms with van der Waals surface area (Å²) < 4.78 is 5.21. The van der Waals surface area contributed by atoms with Crippen molar-refractivity contribution < 1.29 is 20.1 Å². The minimum Gasteiger partial charge on any atom is -0.508 e. The lowest BCUT2D eigenvalue weighted by atomic mass is 9.85. The van der Waals surface area contributed by atoms with Gasteiger partial charge in [-0.2, -0.15) is 0 Å². The molecule has 0 radical (unpaired) electrons. The van der Waals surface area contributed by atoms with Crippen LogP contribution >= 0.6 is 0 Å². The van der Waals surface area contributed by atoms with Crippen LogP contribution in [0.1, 0.15) is 22.6 Å². The summed E-state index contributed by atoms with van der Waals surface area (Å²) >= 11 is 0. The van der Waals surface area contributed by atoms with Gasteiger partial charge < -0.3 is 20.1 Å². The van der Waals surface area contributed by atoms with Crippen molar-refractivity contribution in [1.29, 1.82) is 0 Å². The molecule has 0 fully saturated rings. The molecule has 0 bridgehead atoms. The predicted octanol–water partition coefficient (Wildman–Crippen LogP) is 4.19. The number of hydrogen-bond acceptors (Lipinski definition) is 4. The van der Waals surface area contributed by atoms with E-state index in [0.29, 0.717) is 12.2 Å². The molecule has 4 nitrogen and oxygen atoms in total. The van der Waals surface area contributed by atoms with Crippen molar-refractivity contribution >= 4 is 0 Å². The van der Waals surface area contributed by atoms with Crippen molar-refractivity contribution in [1.82, 2.24) is 0 Å². The zero-order valence-electron chi connectivity index (χ0n) is 13.9. The molecule has 3 aromatic rings. The predicted molar refractivity (Wildman–Crippen MR) is 96.4 cm³/mol. The largest absolute Gasteiger partial charge is 0.508 e. The van der Waals surface area contributed by atoms with Crippen molar-refractivity contribution in [3.05, 3.63) is 83.4 Å². The van der Waals surface area contributed by atoms with Crippen molar-refractivity contribution in [2.75, 3.05) is 7.11 Å². The highest BCUT2D eigenvalue weighted by Gasteiger charge is 2.21. The monoisotopic (exact) mass is 336 g/mol. The second kappa shape index (κ2) is 7.18. The van der Waals surface area contributed by atoms with Gasteiger partial charge in [-0.05, 0) is 41.8 Å². The Labute approximate surface area is 146 Å². The summed E-state index contributed by atoms with van der Waals surface area (Å²) in [5.41, 5.74) is 2.40. The number of ether oxygens (including phenoxy) is 1. The number of rotatable bonds is 5. The van der Waals surface area contributed by atoms with Crippen LogP contribution in [0.25, 0.3) is 0 Å². The number of aromatic hydroxyl groups is 3. The van der Waals surface area contributed by atoms with E-state index in [1.807, 2.05) is 24.3 Å². The highest BCUT2D eigenvalue weighted by molar-refractivity contribution is 5.49. The summed E-state index contributed by atoms with van der Waals surface area (Å²) in [5, 5.41) is 30.3. The fraction of sp³-hybridized carbons (Fsp3) is 0.143. The third-order valence-electron chi connectivity index (χ3n) is 4.33. The molecular formula is C21H20O4. The van der Waals surface area contributed by atoms with Gasteiger partial charge in [0.05, 0.1) is 7.11 Å². The van der Waals surface area contributed by atoms with E-state index in [1.54, 1.807) is 42.5 Å². The highest BCUT2D eigenvalue weighted by Crippen LogP contribution is 2.38. The van der Waals surface area contributed by atoms with Crippen molar-refractivity contribution in [3.8, 4) is 23.0 Å². The SMILES string of the molecule is COc1cc(C(Cc2ccccc2O)c2ccccc2O)ccc1O. The van der Waals surface area contributed by atoms with Crippen molar-refractivity contribution in [3.63, 3.8) is 0 Å². The van der Waals surface area contributed by atoms with Gasteiger partial charge in [-0.25, -0.2) is 0 Å². The highest BCUT2D eigenvalue weighted by atomic mass is 16.5. The molecule has 0 saturated heterocycles. The third kappa shape index (κ3) is 3.53. The van der Waals surface area contributed by atoms with Crippen LogP contribution in [0.4, 0.5) is 0 Å². The van der Waals surface area contributed by atoms with E-state index in [4.69, 9.17) is 4.74 Å². The molecule has 0 aliphatic heterocycles. The van der Waals surface area contributed by atoms with Crippen LogP contribution < -0.4 is 4.74 Å². The molecular weight excluding hydrogens is 316 g/mol. The van der Waals surface area contributed by atoms with Gasteiger partial charge in [0.25, 0.3) is 0 Å². The first-order valence-electron chi connectivity index (χ1n) is 8.02. The average Bonchev–Trinajstić information content (AvgIpc) is 2.62. The van der Waals surface area contributed by atoms with Gasteiger partial charge in [-0.3, -0.25) is 0 Å². The molecule has 25 heavy (non-hydrogen) atoms. The number of phenolic OH excluding ortho intramolecular Hbond substituents is 3. The Kier molecular flexibility index (Phi) is 4.80. The van der Waals surface area contributed by atoms with Crippen molar-refractivity contribution in [2.24, 2.45) is 0 Å². The summed E-state index contributed by atoms with van der Waals surface area (Å²) in [4.78, 5) is 0. The van der Waals surface area contributed by atoms with Gasteiger partial charge in [0, 0.05) is 11.5 Å². The first-order chi connectivity index (χ1) is 12.1. The third-order valence-corrected chi connectivity index (χ3v) is 4.33. The van der Waals surface area contributed by atoms with Crippen LogP contribution in [-0.4, -0.2) is 22.4 Å². The van der Waals surface area contributed by atoms with Crippen LogP contribution in [0.2, 0.25) is 0 Å². The Balaban J connectivity index is 2.09. The molecule has 0 heterocycles. The molecule has 0 spiro atoms. The molecule has 4 heteroatoms. The Morgan fingerprint density at radius 2 is 1.48 bits per heavy atom. The van der Waals surface area contributed by atoms with Gasteiger partial charge in [-0.15, -0.1) is 0 Å². The molecule has 1 unspecified atom stereocenters. The maximum absolute atomic E-state index is 10.3. The van der Waals surface area contributed by atoms with E-state index in [2.05, 4.69) is 0 Å². The summed E-state index contributed by atoms with van der Waals surface area (Å²) in [6.45, 7) is 0. The van der Waals surface area contributed by atoms with Gasteiger partial charge in [-0.1, -0.05) is 42.5 Å². The van der Waals surface area contributed by atoms with Gasteiger partial charge in [0.2, 0.25) is 0 Å². The van der Waals surface area contributed by atoms with Gasteiger partial charge >= 0.3 is 0 Å². The second-order valence-corrected chi connectivity index (χ2v) is 5.88. The quantitative estimate of drug-likeness (QED) is 0.653. The van der Waals surface area contributed by atoms with Crippen LogP contribution in [0.15, 0.2) is 66.7 Å². The van der Waals surface area contributed by atoms with E-state index >= 15 is 0 Å². The van der Waals surface area contributed by atoms with Crippen LogP contribution in [0.3, 0.4) is 0 Å². The smallest absolute Gasteiger partial charge is 0.160 e. The first-order valence-corrected chi connectivity index (χ1v) is 8.02. The van der Waals surface area contributed by atoms with E-state index in [1.165, 1.54) is 7.11 Å². The zero-order chi connectivity index (χ0) is 17.8. The minimum absolute atomic E-state index is 0.0600. The molecule has 0 aromatic heterocycles. The second-order valence-electron chi connectivity index (χ2n) is 5.88. The Morgan fingerprint density at radius 3 is 2.16 bits per heavy atom. The number of para-hydroxylation sites is 2. The van der Waals surface area contributed by atoms with Gasteiger partial charge in [0.15, 0.2) is 11.5 Å².